The van der Waals surface area contributed by atoms with Crippen LogP contribution in [-0.2, 0) is 6.42 Å². The van der Waals surface area contributed by atoms with Crippen molar-refractivity contribution in [3.63, 3.8) is 0 Å². The van der Waals surface area contributed by atoms with Gasteiger partial charge in [0.2, 0.25) is 0 Å². The molecule has 0 saturated heterocycles. The van der Waals surface area contributed by atoms with Crippen LogP contribution in [0, 0.1) is 5.92 Å². The van der Waals surface area contributed by atoms with Gasteiger partial charge in [0.15, 0.2) is 0 Å². The van der Waals surface area contributed by atoms with Crippen LogP contribution >= 0.6 is 0 Å². The quantitative estimate of drug-likeness (QED) is 0.757. The third-order valence-electron chi connectivity index (χ3n) is 3.63. The summed E-state index contributed by atoms with van der Waals surface area (Å²) in [4.78, 5) is 22.3. The molecule has 1 aromatic carbocycles. The van der Waals surface area contributed by atoms with E-state index < -0.39 is 11.9 Å². The van der Waals surface area contributed by atoms with Gasteiger partial charge in [-0.3, -0.25) is 0 Å². The molecule has 4 nitrogen and oxygen atoms in total. The predicted molar refractivity (Wildman–Crippen MR) is 77.4 cm³/mol. The Morgan fingerprint density at radius 2 is 1.85 bits per heavy atom. The SMILES string of the molecule is CCCCC(CC)Cc1cc(C(=O)O)ccc1C(=O)O. The van der Waals surface area contributed by atoms with Gasteiger partial charge in [0.05, 0.1) is 11.1 Å². The standard InChI is InChI=1S/C16H22O4/c1-3-5-6-11(4-2)9-13-10-12(15(17)18)7-8-14(13)16(19)20/h7-8,10-11H,3-6,9H2,1-2H3,(H,17,18)(H,19,20). The van der Waals surface area contributed by atoms with E-state index in [-0.39, 0.29) is 11.1 Å². The highest BCUT2D eigenvalue weighted by Gasteiger charge is 2.16. The van der Waals surface area contributed by atoms with Gasteiger partial charge < -0.3 is 10.2 Å². The lowest BCUT2D eigenvalue weighted by atomic mass is 9.89. The summed E-state index contributed by atoms with van der Waals surface area (Å²) in [6.07, 6.45) is 4.86. The number of carboxylic acid groups (broad SMARTS) is 2. The number of benzene rings is 1. The maximum absolute atomic E-state index is 11.2. The van der Waals surface area contributed by atoms with E-state index >= 15 is 0 Å². The fourth-order valence-electron chi connectivity index (χ4n) is 2.36. The summed E-state index contributed by atoms with van der Waals surface area (Å²) in [5, 5.41) is 18.2. The number of aromatic carboxylic acids is 2. The van der Waals surface area contributed by atoms with E-state index in [1.54, 1.807) is 0 Å². The fourth-order valence-corrected chi connectivity index (χ4v) is 2.36. The Kier molecular flexibility index (Phi) is 6.22. The predicted octanol–water partition coefficient (Wildman–Crippen LogP) is 3.84. The second-order valence-corrected chi connectivity index (χ2v) is 5.10. The molecule has 1 aromatic rings. The van der Waals surface area contributed by atoms with Crippen LogP contribution in [0.3, 0.4) is 0 Å². The van der Waals surface area contributed by atoms with Crippen LogP contribution in [0.2, 0.25) is 0 Å². The van der Waals surface area contributed by atoms with Gasteiger partial charge in [-0.15, -0.1) is 0 Å². The van der Waals surface area contributed by atoms with E-state index in [0.717, 1.165) is 25.7 Å². The van der Waals surface area contributed by atoms with Crippen molar-refractivity contribution in [3.8, 4) is 0 Å². The summed E-state index contributed by atoms with van der Waals surface area (Å²) in [7, 11) is 0. The summed E-state index contributed by atoms with van der Waals surface area (Å²) >= 11 is 0. The second kappa shape index (κ2) is 7.68. The zero-order valence-electron chi connectivity index (χ0n) is 12.1. The van der Waals surface area contributed by atoms with Gasteiger partial charge in [0.25, 0.3) is 0 Å². The average molecular weight is 278 g/mol. The average Bonchev–Trinajstić information content (AvgIpc) is 2.42. The number of hydrogen-bond donors (Lipinski definition) is 2. The van der Waals surface area contributed by atoms with Crippen LogP contribution in [0.1, 0.15) is 65.8 Å². The van der Waals surface area contributed by atoms with Crippen molar-refractivity contribution in [2.75, 3.05) is 0 Å². The highest BCUT2D eigenvalue weighted by Crippen LogP contribution is 2.22. The number of unbranched alkanes of at least 4 members (excludes halogenated alkanes) is 1. The number of carboxylic acids is 2. The lowest BCUT2D eigenvalue weighted by molar-refractivity contribution is 0.0680. The van der Waals surface area contributed by atoms with Crippen molar-refractivity contribution in [3.05, 3.63) is 34.9 Å². The van der Waals surface area contributed by atoms with E-state index in [1.807, 2.05) is 0 Å². The zero-order valence-corrected chi connectivity index (χ0v) is 12.1. The van der Waals surface area contributed by atoms with Crippen LogP contribution in [0.5, 0.6) is 0 Å². The van der Waals surface area contributed by atoms with Gasteiger partial charge in [-0.05, 0) is 36.1 Å². The molecule has 0 spiro atoms. The third-order valence-corrected chi connectivity index (χ3v) is 3.63. The molecular weight excluding hydrogens is 256 g/mol. The molecule has 1 rings (SSSR count). The minimum atomic E-state index is -1.02. The molecule has 4 heteroatoms. The van der Waals surface area contributed by atoms with Crippen LogP contribution in [0.15, 0.2) is 18.2 Å². The third kappa shape index (κ3) is 4.37. The lowest BCUT2D eigenvalue weighted by Crippen LogP contribution is -2.10. The molecule has 2 N–H and O–H groups in total. The van der Waals surface area contributed by atoms with E-state index in [2.05, 4.69) is 13.8 Å². The van der Waals surface area contributed by atoms with Gasteiger partial charge in [-0.25, -0.2) is 9.59 Å². The molecule has 0 aromatic heterocycles. The van der Waals surface area contributed by atoms with Gasteiger partial charge in [-0.1, -0.05) is 39.5 Å². The molecule has 0 aliphatic carbocycles. The van der Waals surface area contributed by atoms with Crippen LogP contribution in [-0.4, -0.2) is 22.2 Å². The number of carbonyl (C=O) groups is 2. The minimum absolute atomic E-state index is 0.148. The van der Waals surface area contributed by atoms with Gasteiger partial charge in [-0.2, -0.15) is 0 Å². The normalized spacial score (nSPS) is 12.1. The van der Waals surface area contributed by atoms with Crippen molar-refractivity contribution >= 4 is 11.9 Å². The molecule has 0 amide bonds. The van der Waals surface area contributed by atoms with Crippen molar-refractivity contribution in [1.82, 2.24) is 0 Å². The molecule has 1 unspecified atom stereocenters. The largest absolute Gasteiger partial charge is 0.478 e. The van der Waals surface area contributed by atoms with Gasteiger partial charge in [0, 0.05) is 0 Å². The molecule has 0 radical (unpaired) electrons. The molecule has 0 aliphatic heterocycles. The maximum Gasteiger partial charge on any atom is 0.335 e. The van der Waals surface area contributed by atoms with Crippen LogP contribution in [0.25, 0.3) is 0 Å². The molecule has 0 aliphatic rings. The summed E-state index contributed by atoms with van der Waals surface area (Å²) in [6.45, 7) is 4.21. The van der Waals surface area contributed by atoms with E-state index in [4.69, 9.17) is 5.11 Å². The first-order valence-corrected chi connectivity index (χ1v) is 7.09. The Hall–Kier alpha value is -1.84. The van der Waals surface area contributed by atoms with E-state index in [0.29, 0.717) is 17.9 Å². The Balaban J connectivity index is 3.02. The summed E-state index contributed by atoms with van der Waals surface area (Å²) in [6, 6.07) is 4.25. The zero-order chi connectivity index (χ0) is 15.1. The van der Waals surface area contributed by atoms with Crippen molar-refractivity contribution in [2.45, 2.75) is 46.0 Å². The summed E-state index contributed by atoms with van der Waals surface area (Å²) < 4.78 is 0. The van der Waals surface area contributed by atoms with Crippen molar-refractivity contribution < 1.29 is 19.8 Å². The van der Waals surface area contributed by atoms with E-state index in [1.165, 1.54) is 18.2 Å². The second-order valence-electron chi connectivity index (χ2n) is 5.10. The first kappa shape index (κ1) is 16.2. The Bertz CT molecular complexity index is 479. The molecule has 0 heterocycles. The molecule has 0 bridgehead atoms. The Morgan fingerprint density at radius 1 is 1.15 bits per heavy atom. The lowest BCUT2D eigenvalue weighted by Gasteiger charge is -2.16. The first-order chi connectivity index (χ1) is 9.49. The maximum atomic E-state index is 11.2. The molecule has 110 valence electrons. The molecule has 20 heavy (non-hydrogen) atoms. The molecular formula is C16H22O4. The first-order valence-electron chi connectivity index (χ1n) is 7.09. The van der Waals surface area contributed by atoms with Gasteiger partial charge in [0.1, 0.15) is 0 Å². The highest BCUT2D eigenvalue weighted by molar-refractivity contribution is 5.93. The monoisotopic (exact) mass is 278 g/mol. The number of hydrogen-bond acceptors (Lipinski definition) is 2. The van der Waals surface area contributed by atoms with Crippen LogP contribution in [0.4, 0.5) is 0 Å². The molecule has 1 atom stereocenters. The highest BCUT2D eigenvalue weighted by atomic mass is 16.4. The molecule has 0 fully saturated rings. The van der Waals surface area contributed by atoms with Crippen molar-refractivity contribution in [2.24, 2.45) is 5.92 Å². The Morgan fingerprint density at radius 3 is 2.35 bits per heavy atom. The minimum Gasteiger partial charge on any atom is -0.478 e. The summed E-state index contributed by atoms with van der Waals surface area (Å²) in [5.74, 6) is -1.62. The number of rotatable bonds is 8. The van der Waals surface area contributed by atoms with E-state index in [9.17, 15) is 14.7 Å². The smallest absolute Gasteiger partial charge is 0.335 e. The fraction of sp³-hybridized carbons (Fsp3) is 0.500. The molecule has 0 saturated carbocycles. The van der Waals surface area contributed by atoms with Gasteiger partial charge >= 0.3 is 11.9 Å². The topological polar surface area (TPSA) is 74.6 Å². The summed E-state index contributed by atoms with van der Waals surface area (Å²) in [5.41, 5.74) is 0.987. The van der Waals surface area contributed by atoms with Crippen LogP contribution < -0.4 is 0 Å². The Labute approximate surface area is 119 Å². The van der Waals surface area contributed by atoms with Crippen molar-refractivity contribution in [1.29, 1.82) is 0 Å².